The summed E-state index contributed by atoms with van der Waals surface area (Å²) in [6.07, 6.45) is 0. The summed E-state index contributed by atoms with van der Waals surface area (Å²) in [6, 6.07) is 0. The molecule has 2 nitrogen and oxygen atoms in total. The zero-order chi connectivity index (χ0) is 7.49. The van der Waals surface area contributed by atoms with E-state index in [9.17, 15) is 4.79 Å². The van der Waals surface area contributed by atoms with Crippen LogP contribution in [0.1, 0.15) is 20.8 Å². The van der Waals surface area contributed by atoms with Crippen LogP contribution in [-0.4, -0.2) is 17.0 Å². The maximum absolute atomic E-state index is 10.7. The first-order valence-corrected chi connectivity index (χ1v) is 3.68. The Morgan fingerprint density at radius 1 is 1.44 bits per heavy atom. The van der Waals surface area contributed by atoms with Crippen LogP contribution in [0.3, 0.4) is 0 Å². The molecular weight excluding hydrogens is 134 g/mol. The molecule has 0 aliphatic carbocycles. The van der Waals surface area contributed by atoms with Crippen molar-refractivity contribution in [3.63, 3.8) is 0 Å². The first kappa shape index (κ1) is 8.82. The normalized spacial score (nSPS) is 11.1. The summed E-state index contributed by atoms with van der Waals surface area (Å²) in [6.45, 7) is 6.02. The number of rotatable bonds is 0. The number of carbonyl (C=O) groups excluding carboxylic acids is 1. The molecule has 3 heteroatoms. The highest BCUT2D eigenvalue weighted by Gasteiger charge is 2.14. The van der Waals surface area contributed by atoms with E-state index in [-0.39, 0.29) is 9.99 Å². The smallest absolute Gasteiger partial charge is 0.279 e. The molecule has 0 saturated carbocycles. The summed E-state index contributed by atoms with van der Waals surface area (Å²) in [5.74, 6) is 0. The van der Waals surface area contributed by atoms with E-state index < -0.39 is 0 Å². The van der Waals surface area contributed by atoms with Gasteiger partial charge in [-0.15, -0.1) is 0 Å². The van der Waals surface area contributed by atoms with E-state index in [1.54, 1.807) is 7.05 Å². The summed E-state index contributed by atoms with van der Waals surface area (Å²) in [4.78, 5) is 10.7. The van der Waals surface area contributed by atoms with Gasteiger partial charge in [-0.05, 0) is 0 Å². The van der Waals surface area contributed by atoms with E-state index in [4.69, 9.17) is 0 Å². The number of amides is 1. The molecule has 0 rings (SSSR count). The standard InChI is InChI=1S/C6H13NOS/c1-6(2,3)9-5(8)7-4/h1-4H3,(H,7,8). The minimum Gasteiger partial charge on any atom is -0.350 e. The number of carbonyl (C=O) groups is 1. The zero-order valence-corrected chi connectivity index (χ0v) is 7.13. The van der Waals surface area contributed by atoms with Crippen LogP contribution >= 0.6 is 11.8 Å². The molecule has 54 valence electrons. The molecule has 0 aromatic heterocycles. The molecule has 1 N–H and O–H groups in total. The molecule has 0 aromatic rings. The second-order valence-corrected chi connectivity index (χ2v) is 4.55. The molecule has 0 aliphatic rings. The van der Waals surface area contributed by atoms with Crippen LogP contribution < -0.4 is 5.32 Å². The van der Waals surface area contributed by atoms with Crippen LogP contribution in [0.2, 0.25) is 0 Å². The molecule has 9 heavy (non-hydrogen) atoms. The van der Waals surface area contributed by atoms with Gasteiger partial charge in [0.25, 0.3) is 5.24 Å². The van der Waals surface area contributed by atoms with Crippen LogP contribution in [0.25, 0.3) is 0 Å². The lowest BCUT2D eigenvalue weighted by Gasteiger charge is -2.14. The third-order valence-electron chi connectivity index (χ3n) is 0.603. The fourth-order valence-electron chi connectivity index (χ4n) is 0.329. The Labute approximate surface area is 60.4 Å². The van der Waals surface area contributed by atoms with Crippen molar-refractivity contribution in [2.45, 2.75) is 25.5 Å². The minimum atomic E-state index is 0.0279. The highest BCUT2D eigenvalue weighted by atomic mass is 32.2. The SMILES string of the molecule is CNC(=O)SC(C)(C)C. The van der Waals surface area contributed by atoms with Gasteiger partial charge in [-0.2, -0.15) is 0 Å². The lowest BCUT2D eigenvalue weighted by Crippen LogP contribution is -2.19. The van der Waals surface area contributed by atoms with Gasteiger partial charge in [0.15, 0.2) is 0 Å². The molecule has 0 heterocycles. The summed E-state index contributed by atoms with van der Waals surface area (Å²) < 4.78 is 0.0279. The summed E-state index contributed by atoms with van der Waals surface area (Å²) in [5, 5.41) is 2.58. The Balaban J connectivity index is 3.60. The highest BCUT2D eigenvalue weighted by molar-refractivity contribution is 8.14. The van der Waals surface area contributed by atoms with Gasteiger partial charge in [-0.25, -0.2) is 0 Å². The second kappa shape index (κ2) is 3.11. The number of nitrogens with one attached hydrogen (secondary N) is 1. The van der Waals surface area contributed by atoms with Gasteiger partial charge in [-0.1, -0.05) is 32.5 Å². The molecule has 0 aliphatic heterocycles. The maximum atomic E-state index is 10.7. The largest absolute Gasteiger partial charge is 0.350 e. The first-order chi connectivity index (χ1) is 3.95. The average Bonchev–Trinajstić information content (AvgIpc) is 1.62. The molecule has 0 aromatic carbocycles. The minimum absolute atomic E-state index is 0.0279. The van der Waals surface area contributed by atoms with Crippen LogP contribution in [0.5, 0.6) is 0 Å². The van der Waals surface area contributed by atoms with Gasteiger partial charge >= 0.3 is 0 Å². The highest BCUT2D eigenvalue weighted by Crippen LogP contribution is 2.22. The molecule has 0 saturated heterocycles. The van der Waals surface area contributed by atoms with E-state index >= 15 is 0 Å². The molecule has 0 fully saturated rings. The third kappa shape index (κ3) is 5.69. The van der Waals surface area contributed by atoms with Gasteiger partial charge < -0.3 is 5.32 Å². The average molecular weight is 147 g/mol. The van der Waals surface area contributed by atoms with Crippen molar-refractivity contribution in [2.24, 2.45) is 0 Å². The topological polar surface area (TPSA) is 29.1 Å². The quantitative estimate of drug-likeness (QED) is 0.566. The van der Waals surface area contributed by atoms with E-state index in [1.807, 2.05) is 20.8 Å². The van der Waals surface area contributed by atoms with Gasteiger partial charge in [0.1, 0.15) is 0 Å². The third-order valence-corrected chi connectivity index (χ3v) is 1.60. The Morgan fingerprint density at radius 3 is 2.00 bits per heavy atom. The summed E-state index contributed by atoms with van der Waals surface area (Å²) in [5.41, 5.74) is 0. The fraction of sp³-hybridized carbons (Fsp3) is 0.833. The van der Waals surface area contributed by atoms with Crippen LogP contribution in [0.15, 0.2) is 0 Å². The second-order valence-electron chi connectivity index (χ2n) is 2.75. The molecule has 1 amide bonds. The lowest BCUT2D eigenvalue weighted by atomic mass is 10.3. The van der Waals surface area contributed by atoms with Crippen molar-refractivity contribution >= 4 is 17.0 Å². The van der Waals surface area contributed by atoms with Crippen molar-refractivity contribution in [3.05, 3.63) is 0 Å². The van der Waals surface area contributed by atoms with Crippen LogP contribution in [0, 0.1) is 0 Å². The van der Waals surface area contributed by atoms with Gasteiger partial charge in [0.2, 0.25) is 0 Å². The first-order valence-electron chi connectivity index (χ1n) is 2.86. The molecule has 0 bridgehead atoms. The van der Waals surface area contributed by atoms with E-state index in [0.29, 0.717) is 0 Å². The molecule has 0 atom stereocenters. The zero-order valence-electron chi connectivity index (χ0n) is 6.32. The Morgan fingerprint density at radius 2 is 1.89 bits per heavy atom. The Hall–Kier alpha value is -0.180. The van der Waals surface area contributed by atoms with E-state index in [2.05, 4.69) is 5.32 Å². The van der Waals surface area contributed by atoms with Crippen molar-refractivity contribution in [3.8, 4) is 0 Å². The van der Waals surface area contributed by atoms with E-state index in [0.717, 1.165) is 0 Å². The van der Waals surface area contributed by atoms with Crippen molar-refractivity contribution < 1.29 is 4.79 Å². The predicted molar refractivity (Wildman–Crippen MR) is 41.8 cm³/mol. The van der Waals surface area contributed by atoms with Crippen molar-refractivity contribution in [1.82, 2.24) is 5.32 Å². The van der Waals surface area contributed by atoms with Crippen LogP contribution in [0.4, 0.5) is 4.79 Å². The van der Waals surface area contributed by atoms with Gasteiger partial charge in [-0.3, -0.25) is 4.79 Å². The monoisotopic (exact) mass is 147 g/mol. The maximum Gasteiger partial charge on any atom is 0.279 e. The van der Waals surface area contributed by atoms with Gasteiger partial charge in [0, 0.05) is 11.8 Å². The predicted octanol–water partition coefficient (Wildman–Crippen LogP) is 1.86. The summed E-state index contributed by atoms with van der Waals surface area (Å²) >= 11 is 1.31. The molecule has 0 radical (unpaired) electrons. The summed E-state index contributed by atoms with van der Waals surface area (Å²) in [7, 11) is 1.64. The lowest BCUT2D eigenvalue weighted by molar-refractivity contribution is 0.262. The fourth-order valence-corrected chi connectivity index (χ4v) is 0.987. The van der Waals surface area contributed by atoms with Crippen molar-refractivity contribution in [2.75, 3.05) is 7.05 Å². The molecular formula is C6H13NOS. The number of hydrogen-bond donors (Lipinski definition) is 1. The van der Waals surface area contributed by atoms with E-state index in [1.165, 1.54) is 11.8 Å². The molecule has 0 unspecified atom stereocenters. The van der Waals surface area contributed by atoms with Crippen LogP contribution in [-0.2, 0) is 0 Å². The molecule has 0 spiro atoms. The van der Waals surface area contributed by atoms with Gasteiger partial charge in [0.05, 0.1) is 0 Å². The number of hydrogen-bond acceptors (Lipinski definition) is 2. The Kier molecular flexibility index (Phi) is 3.04. The number of thioether (sulfide) groups is 1. The Bertz CT molecular complexity index is 106. The van der Waals surface area contributed by atoms with Crippen molar-refractivity contribution in [1.29, 1.82) is 0 Å².